The molecular formula is C18H23F3N2O4S. The predicted octanol–water partition coefficient (Wildman–Crippen LogP) is 3.34. The first-order valence-corrected chi connectivity index (χ1v) is 10.5. The second-order valence-electron chi connectivity index (χ2n) is 7.98. The van der Waals surface area contributed by atoms with Gasteiger partial charge in [-0.2, -0.15) is 17.5 Å². The molecule has 0 unspecified atom stereocenters. The summed E-state index contributed by atoms with van der Waals surface area (Å²) in [6, 6.07) is 4.00. The highest BCUT2D eigenvalue weighted by atomic mass is 32.2. The zero-order chi connectivity index (χ0) is 20.7. The molecule has 0 spiro atoms. The average Bonchev–Trinajstić information content (AvgIpc) is 2.63. The molecule has 1 aromatic rings. The highest BCUT2D eigenvalue weighted by Gasteiger charge is 2.42. The van der Waals surface area contributed by atoms with Crippen LogP contribution in [-0.2, 0) is 20.9 Å². The molecule has 6 nitrogen and oxygen atoms in total. The number of carbonyl (C=O) groups excluding carboxylic acids is 1. The molecule has 0 atom stereocenters. The van der Waals surface area contributed by atoms with E-state index in [1.54, 1.807) is 4.90 Å². The number of alkyl halides is 3. The van der Waals surface area contributed by atoms with E-state index in [4.69, 9.17) is 4.74 Å². The molecule has 0 N–H and O–H groups in total. The van der Waals surface area contributed by atoms with Crippen LogP contribution < -0.4 is 0 Å². The summed E-state index contributed by atoms with van der Waals surface area (Å²) in [5, 5.41) is 0. The molecule has 0 bridgehead atoms. The third kappa shape index (κ3) is 4.12. The quantitative estimate of drug-likeness (QED) is 0.752. The van der Waals surface area contributed by atoms with Gasteiger partial charge in [0.05, 0.1) is 17.1 Å². The van der Waals surface area contributed by atoms with Crippen molar-refractivity contribution >= 4 is 16.1 Å². The minimum atomic E-state index is -4.76. The van der Waals surface area contributed by atoms with E-state index in [9.17, 15) is 26.4 Å². The monoisotopic (exact) mass is 420 g/mol. The molecule has 2 heterocycles. The molecule has 10 heteroatoms. The van der Waals surface area contributed by atoms with Gasteiger partial charge in [-0.25, -0.2) is 13.2 Å². The van der Waals surface area contributed by atoms with Gasteiger partial charge in [-0.3, -0.25) is 0 Å². The van der Waals surface area contributed by atoms with E-state index in [0.29, 0.717) is 26.0 Å². The molecule has 1 amide bonds. The largest absolute Gasteiger partial charge is 0.449 e. The van der Waals surface area contributed by atoms with Crippen LogP contribution in [0.4, 0.5) is 18.0 Å². The summed E-state index contributed by atoms with van der Waals surface area (Å²) in [6.45, 7) is 4.86. The van der Waals surface area contributed by atoms with Gasteiger partial charge in [-0.15, -0.1) is 0 Å². The number of carbonyl (C=O) groups is 1. The minimum Gasteiger partial charge on any atom is -0.449 e. The Labute approximate surface area is 162 Å². The second-order valence-corrected chi connectivity index (χ2v) is 9.88. The van der Waals surface area contributed by atoms with Crippen LogP contribution in [0.3, 0.4) is 0 Å². The van der Waals surface area contributed by atoms with Crippen LogP contribution in [0.1, 0.15) is 32.3 Å². The number of amides is 1. The average molecular weight is 420 g/mol. The second kappa shape index (κ2) is 7.22. The number of piperidine rings is 1. The highest BCUT2D eigenvalue weighted by Crippen LogP contribution is 2.36. The van der Waals surface area contributed by atoms with Crippen molar-refractivity contribution in [1.29, 1.82) is 0 Å². The summed E-state index contributed by atoms with van der Waals surface area (Å²) >= 11 is 0. The summed E-state index contributed by atoms with van der Waals surface area (Å²) in [5.41, 5.74) is -1.37. The number of rotatable bonds is 3. The van der Waals surface area contributed by atoms with Gasteiger partial charge in [-0.1, -0.05) is 26.0 Å². The van der Waals surface area contributed by atoms with Crippen molar-refractivity contribution in [2.45, 2.75) is 43.8 Å². The third-order valence-corrected chi connectivity index (χ3v) is 7.05. The summed E-state index contributed by atoms with van der Waals surface area (Å²) in [6.07, 6.45) is -4.49. The van der Waals surface area contributed by atoms with Crippen molar-refractivity contribution in [3.63, 3.8) is 0 Å². The van der Waals surface area contributed by atoms with Crippen molar-refractivity contribution in [2.24, 2.45) is 5.41 Å². The van der Waals surface area contributed by atoms with Crippen molar-refractivity contribution in [3.05, 3.63) is 29.8 Å². The smallest absolute Gasteiger partial charge is 0.417 e. The van der Waals surface area contributed by atoms with Gasteiger partial charge in [-0.05, 0) is 25.0 Å². The van der Waals surface area contributed by atoms with Gasteiger partial charge in [0.2, 0.25) is 10.0 Å². The standard InChI is InChI=1S/C18H23F3N2O4S/c1-17(2)11-23(16(24)27-12-17)13-7-9-22(10-8-13)28(25,26)15-6-4-3-5-14(15)18(19,20)21/h3-6,13H,7-12H2,1-2H3. The highest BCUT2D eigenvalue weighted by molar-refractivity contribution is 7.89. The van der Waals surface area contributed by atoms with Gasteiger partial charge in [0.1, 0.15) is 0 Å². The van der Waals surface area contributed by atoms with Gasteiger partial charge >= 0.3 is 12.3 Å². The molecule has 0 radical (unpaired) electrons. The number of sulfonamides is 1. The fourth-order valence-corrected chi connectivity index (χ4v) is 5.33. The zero-order valence-corrected chi connectivity index (χ0v) is 16.5. The molecule has 0 saturated carbocycles. The van der Waals surface area contributed by atoms with Gasteiger partial charge in [0, 0.05) is 31.1 Å². The molecule has 2 aliphatic heterocycles. The van der Waals surface area contributed by atoms with Crippen molar-refractivity contribution in [3.8, 4) is 0 Å². The topological polar surface area (TPSA) is 66.9 Å². The van der Waals surface area contributed by atoms with E-state index in [2.05, 4.69) is 0 Å². The zero-order valence-electron chi connectivity index (χ0n) is 15.7. The molecule has 3 rings (SSSR count). The Kier molecular flexibility index (Phi) is 5.39. The molecule has 0 aromatic heterocycles. The molecule has 28 heavy (non-hydrogen) atoms. The lowest BCUT2D eigenvalue weighted by molar-refractivity contribution is -0.139. The summed E-state index contributed by atoms with van der Waals surface area (Å²) in [5.74, 6) is 0. The molecule has 1 aromatic carbocycles. The number of hydrogen-bond donors (Lipinski definition) is 0. The minimum absolute atomic E-state index is 0.0450. The maximum Gasteiger partial charge on any atom is 0.417 e. The molecule has 2 aliphatic rings. The lowest BCUT2D eigenvalue weighted by Gasteiger charge is -2.43. The van der Waals surface area contributed by atoms with Crippen LogP contribution in [-0.4, -0.2) is 56.0 Å². The van der Waals surface area contributed by atoms with Crippen LogP contribution in [0.5, 0.6) is 0 Å². The summed E-state index contributed by atoms with van der Waals surface area (Å²) < 4.78 is 71.6. The van der Waals surface area contributed by atoms with E-state index in [0.717, 1.165) is 22.5 Å². The Balaban J connectivity index is 1.76. The Bertz CT molecular complexity index is 847. The third-order valence-electron chi connectivity index (χ3n) is 5.09. The summed E-state index contributed by atoms with van der Waals surface area (Å²) in [7, 11) is -4.29. The van der Waals surface area contributed by atoms with Crippen molar-refractivity contribution < 1.29 is 31.1 Å². The maximum atomic E-state index is 13.2. The van der Waals surface area contributed by atoms with E-state index >= 15 is 0 Å². The fraction of sp³-hybridized carbons (Fsp3) is 0.611. The number of cyclic esters (lactones) is 1. The lowest BCUT2D eigenvalue weighted by Crippen LogP contribution is -2.55. The number of halogens is 3. The molecule has 2 saturated heterocycles. The van der Waals surface area contributed by atoms with Crippen LogP contribution in [0, 0.1) is 5.41 Å². The normalized spacial score (nSPS) is 22.2. The van der Waals surface area contributed by atoms with Crippen molar-refractivity contribution in [1.82, 2.24) is 9.21 Å². The van der Waals surface area contributed by atoms with Crippen LogP contribution in [0.25, 0.3) is 0 Å². The first-order chi connectivity index (χ1) is 12.9. The molecule has 2 fully saturated rings. The van der Waals surface area contributed by atoms with E-state index in [-0.39, 0.29) is 24.5 Å². The Hall–Kier alpha value is -1.81. The molecule has 156 valence electrons. The molecular weight excluding hydrogens is 397 g/mol. The summed E-state index contributed by atoms with van der Waals surface area (Å²) in [4.78, 5) is 13.0. The Morgan fingerprint density at radius 3 is 2.36 bits per heavy atom. The van der Waals surface area contributed by atoms with Crippen LogP contribution in [0.2, 0.25) is 0 Å². The first kappa shape index (κ1) is 20.9. The van der Waals surface area contributed by atoms with Gasteiger partial charge < -0.3 is 9.64 Å². The Morgan fingerprint density at radius 2 is 1.75 bits per heavy atom. The number of benzene rings is 1. The van der Waals surface area contributed by atoms with E-state index in [1.165, 1.54) is 6.07 Å². The van der Waals surface area contributed by atoms with E-state index < -0.39 is 32.8 Å². The maximum absolute atomic E-state index is 13.2. The lowest BCUT2D eigenvalue weighted by atomic mass is 9.91. The first-order valence-electron chi connectivity index (χ1n) is 9.02. The van der Waals surface area contributed by atoms with Crippen LogP contribution in [0.15, 0.2) is 29.2 Å². The van der Waals surface area contributed by atoms with Gasteiger partial charge in [0.15, 0.2) is 0 Å². The Morgan fingerprint density at radius 1 is 1.14 bits per heavy atom. The van der Waals surface area contributed by atoms with Crippen LogP contribution >= 0.6 is 0 Å². The SMILES string of the molecule is CC1(C)COC(=O)N(C2CCN(S(=O)(=O)c3ccccc3C(F)(F)F)CC2)C1. The predicted molar refractivity (Wildman–Crippen MR) is 95.1 cm³/mol. The van der Waals surface area contributed by atoms with Gasteiger partial charge in [0.25, 0.3) is 0 Å². The fourth-order valence-electron chi connectivity index (χ4n) is 3.65. The van der Waals surface area contributed by atoms with E-state index in [1.807, 2.05) is 13.8 Å². The number of nitrogens with zero attached hydrogens (tertiary/aromatic N) is 2. The molecule has 0 aliphatic carbocycles. The number of hydrogen-bond acceptors (Lipinski definition) is 4. The number of ether oxygens (including phenoxy) is 1. The van der Waals surface area contributed by atoms with Crippen molar-refractivity contribution in [2.75, 3.05) is 26.2 Å².